The minimum Gasteiger partial charge on any atom is -0.371 e. The Kier molecular flexibility index (Phi) is 5.20. The molecule has 1 atom stereocenters. The first-order valence-electron chi connectivity index (χ1n) is 8.05. The molecular weight excluding hydrogens is 324 g/mol. The van der Waals surface area contributed by atoms with Crippen LogP contribution in [0.3, 0.4) is 0 Å². The van der Waals surface area contributed by atoms with Gasteiger partial charge in [0.1, 0.15) is 0 Å². The number of nitrogens with zero attached hydrogens (tertiary/aromatic N) is 3. The number of carbonyl (C=O) groups is 1. The zero-order valence-electron chi connectivity index (χ0n) is 13.7. The van der Waals surface area contributed by atoms with Crippen LogP contribution in [0.15, 0.2) is 42.7 Å². The molecule has 0 radical (unpaired) electrons. The lowest BCUT2D eigenvalue weighted by Crippen LogP contribution is -2.29. The number of benzene rings is 1. The normalized spacial score (nSPS) is 17.6. The van der Waals surface area contributed by atoms with E-state index in [1.54, 1.807) is 23.0 Å². The van der Waals surface area contributed by atoms with Gasteiger partial charge in [0.2, 0.25) is 5.91 Å². The highest BCUT2D eigenvalue weighted by Crippen LogP contribution is 2.24. The van der Waals surface area contributed by atoms with Crippen molar-refractivity contribution >= 4 is 29.3 Å². The van der Waals surface area contributed by atoms with Crippen molar-refractivity contribution in [2.45, 2.75) is 6.42 Å². The first-order valence-corrected chi connectivity index (χ1v) is 8.43. The summed E-state index contributed by atoms with van der Waals surface area (Å²) in [4.78, 5) is 14.2. The third-order valence-corrected chi connectivity index (χ3v) is 4.45. The largest absolute Gasteiger partial charge is 0.371 e. The van der Waals surface area contributed by atoms with E-state index in [0.29, 0.717) is 12.5 Å². The van der Waals surface area contributed by atoms with E-state index in [9.17, 15) is 4.79 Å². The molecule has 1 unspecified atom stereocenters. The predicted molar refractivity (Wildman–Crippen MR) is 97.0 cm³/mol. The first kappa shape index (κ1) is 16.6. The summed E-state index contributed by atoms with van der Waals surface area (Å²) in [6.07, 6.45) is 8.00. The number of halogens is 1. The minimum atomic E-state index is -0.0659. The van der Waals surface area contributed by atoms with Crippen LogP contribution < -0.4 is 10.2 Å². The maximum absolute atomic E-state index is 11.9. The summed E-state index contributed by atoms with van der Waals surface area (Å²) in [6, 6.07) is 7.91. The lowest BCUT2D eigenvalue weighted by Gasteiger charge is -2.18. The van der Waals surface area contributed by atoms with Crippen LogP contribution in [0.2, 0.25) is 5.02 Å². The summed E-state index contributed by atoms with van der Waals surface area (Å²) in [5.74, 6) is 0.403. The van der Waals surface area contributed by atoms with Crippen molar-refractivity contribution in [1.29, 1.82) is 0 Å². The van der Waals surface area contributed by atoms with Gasteiger partial charge in [0.15, 0.2) is 0 Å². The molecule has 1 aliphatic heterocycles. The molecule has 1 saturated heterocycles. The first-order chi connectivity index (χ1) is 11.6. The van der Waals surface area contributed by atoms with Crippen molar-refractivity contribution in [3.05, 3.63) is 53.3 Å². The molecule has 1 aromatic heterocycles. The molecule has 0 spiro atoms. The van der Waals surface area contributed by atoms with E-state index in [-0.39, 0.29) is 5.91 Å². The molecule has 1 amide bonds. The van der Waals surface area contributed by atoms with E-state index in [4.69, 9.17) is 11.6 Å². The Labute approximate surface area is 146 Å². The van der Waals surface area contributed by atoms with Gasteiger partial charge >= 0.3 is 0 Å². The number of anilines is 1. The maximum atomic E-state index is 11.9. The predicted octanol–water partition coefficient (Wildman–Crippen LogP) is 2.73. The lowest BCUT2D eigenvalue weighted by molar-refractivity contribution is -0.116. The van der Waals surface area contributed by atoms with Crippen molar-refractivity contribution in [2.24, 2.45) is 13.0 Å². The quantitative estimate of drug-likeness (QED) is 0.848. The van der Waals surface area contributed by atoms with Crippen molar-refractivity contribution in [1.82, 2.24) is 15.1 Å². The number of rotatable bonds is 5. The number of carbonyl (C=O) groups excluding carboxylic acids is 1. The Morgan fingerprint density at radius 1 is 1.42 bits per heavy atom. The molecule has 5 nitrogen and oxygen atoms in total. The smallest absolute Gasteiger partial charge is 0.244 e. The maximum Gasteiger partial charge on any atom is 0.244 e. The molecular formula is C18H21ClN4O. The Morgan fingerprint density at radius 2 is 2.21 bits per heavy atom. The van der Waals surface area contributed by atoms with Gasteiger partial charge in [0.25, 0.3) is 0 Å². The van der Waals surface area contributed by atoms with Crippen molar-refractivity contribution in [3.8, 4) is 0 Å². The Morgan fingerprint density at radius 3 is 2.92 bits per heavy atom. The standard InChI is InChI=1S/C18H21ClN4O/c1-22-12-14(11-21-22)2-7-18(24)20-10-15-8-9-23(13-15)17-5-3-16(19)4-6-17/h2-7,11-12,15H,8-10,13H2,1H3,(H,20,24). The van der Waals surface area contributed by atoms with E-state index >= 15 is 0 Å². The highest BCUT2D eigenvalue weighted by Gasteiger charge is 2.22. The average Bonchev–Trinajstić information content (AvgIpc) is 3.21. The van der Waals surface area contributed by atoms with Crippen LogP contribution in [-0.2, 0) is 11.8 Å². The van der Waals surface area contributed by atoms with Crippen LogP contribution in [0.25, 0.3) is 6.08 Å². The van der Waals surface area contributed by atoms with Gasteiger partial charge in [-0.15, -0.1) is 0 Å². The van der Waals surface area contributed by atoms with Gasteiger partial charge in [-0.1, -0.05) is 11.6 Å². The van der Waals surface area contributed by atoms with E-state index < -0.39 is 0 Å². The van der Waals surface area contributed by atoms with Crippen LogP contribution in [0.4, 0.5) is 5.69 Å². The van der Waals surface area contributed by atoms with Crippen LogP contribution in [0.1, 0.15) is 12.0 Å². The lowest BCUT2D eigenvalue weighted by atomic mass is 10.1. The molecule has 126 valence electrons. The molecule has 24 heavy (non-hydrogen) atoms. The molecule has 0 bridgehead atoms. The number of aryl methyl sites for hydroxylation is 1. The van der Waals surface area contributed by atoms with E-state index in [0.717, 1.165) is 30.1 Å². The fraction of sp³-hybridized carbons (Fsp3) is 0.333. The molecule has 0 aliphatic carbocycles. The van der Waals surface area contributed by atoms with Crippen molar-refractivity contribution in [3.63, 3.8) is 0 Å². The van der Waals surface area contributed by atoms with Gasteiger partial charge in [0, 0.05) is 55.2 Å². The molecule has 3 rings (SSSR count). The molecule has 1 N–H and O–H groups in total. The molecule has 0 saturated carbocycles. The molecule has 1 aliphatic rings. The third-order valence-electron chi connectivity index (χ3n) is 4.19. The molecule has 6 heteroatoms. The second kappa shape index (κ2) is 7.53. The summed E-state index contributed by atoms with van der Waals surface area (Å²) in [7, 11) is 1.85. The summed E-state index contributed by atoms with van der Waals surface area (Å²) >= 11 is 5.93. The van der Waals surface area contributed by atoms with Crippen LogP contribution >= 0.6 is 11.6 Å². The van der Waals surface area contributed by atoms with Crippen molar-refractivity contribution in [2.75, 3.05) is 24.5 Å². The van der Waals surface area contributed by atoms with Crippen LogP contribution in [-0.4, -0.2) is 35.3 Å². The molecule has 1 fully saturated rings. The zero-order chi connectivity index (χ0) is 16.9. The summed E-state index contributed by atoms with van der Waals surface area (Å²) in [6.45, 7) is 2.65. The van der Waals surface area contributed by atoms with Gasteiger partial charge in [-0.2, -0.15) is 5.10 Å². The van der Waals surface area contributed by atoms with Gasteiger partial charge in [-0.05, 0) is 42.7 Å². The topological polar surface area (TPSA) is 50.2 Å². The van der Waals surface area contributed by atoms with Crippen LogP contribution in [0, 0.1) is 5.92 Å². The fourth-order valence-corrected chi connectivity index (χ4v) is 3.01. The zero-order valence-corrected chi connectivity index (χ0v) is 14.4. The second-order valence-corrected chi connectivity index (χ2v) is 6.54. The molecule has 2 aromatic rings. The molecule has 2 heterocycles. The summed E-state index contributed by atoms with van der Waals surface area (Å²) < 4.78 is 1.71. The second-order valence-electron chi connectivity index (χ2n) is 6.10. The monoisotopic (exact) mass is 344 g/mol. The number of amides is 1. The fourth-order valence-electron chi connectivity index (χ4n) is 2.89. The van der Waals surface area contributed by atoms with E-state index in [1.165, 1.54) is 5.69 Å². The SMILES string of the molecule is Cn1cc(C=CC(=O)NCC2CCN(c3ccc(Cl)cc3)C2)cn1. The highest BCUT2D eigenvalue weighted by molar-refractivity contribution is 6.30. The van der Waals surface area contributed by atoms with Crippen molar-refractivity contribution < 1.29 is 4.79 Å². The Hall–Kier alpha value is -2.27. The number of hydrogen-bond donors (Lipinski definition) is 1. The van der Waals surface area contributed by atoms with Gasteiger partial charge < -0.3 is 10.2 Å². The van der Waals surface area contributed by atoms with Gasteiger partial charge in [0.05, 0.1) is 6.20 Å². The van der Waals surface area contributed by atoms with Gasteiger partial charge in [-0.3, -0.25) is 9.48 Å². The average molecular weight is 345 g/mol. The number of aromatic nitrogens is 2. The Balaban J connectivity index is 1.45. The number of nitrogens with one attached hydrogen (secondary N) is 1. The van der Waals surface area contributed by atoms with E-state index in [1.807, 2.05) is 37.5 Å². The van der Waals surface area contributed by atoms with Crippen LogP contribution in [0.5, 0.6) is 0 Å². The van der Waals surface area contributed by atoms with Gasteiger partial charge in [-0.25, -0.2) is 0 Å². The highest BCUT2D eigenvalue weighted by atomic mass is 35.5. The molecule has 1 aromatic carbocycles. The Bertz CT molecular complexity index is 723. The summed E-state index contributed by atoms with van der Waals surface area (Å²) in [5.41, 5.74) is 2.10. The van der Waals surface area contributed by atoms with E-state index in [2.05, 4.69) is 15.3 Å². The minimum absolute atomic E-state index is 0.0659. The third kappa shape index (κ3) is 4.38. The number of hydrogen-bond acceptors (Lipinski definition) is 3. The summed E-state index contributed by atoms with van der Waals surface area (Å²) in [5, 5.41) is 7.80.